The normalized spacial score (nSPS) is 12.0. The summed E-state index contributed by atoms with van der Waals surface area (Å²) >= 11 is 0. The van der Waals surface area contributed by atoms with Crippen molar-refractivity contribution >= 4 is 27.5 Å². The number of para-hydroxylation sites is 1. The molecule has 0 unspecified atom stereocenters. The van der Waals surface area contributed by atoms with E-state index < -0.39 is 28.5 Å². The first-order valence-electron chi connectivity index (χ1n) is 12.5. The first kappa shape index (κ1) is 27.9. The van der Waals surface area contributed by atoms with E-state index in [0.29, 0.717) is 18.7 Å². The molecule has 7 nitrogen and oxygen atoms in total. The molecule has 0 aliphatic carbocycles. The average molecular weight is 522 g/mol. The summed E-state index contributed by atoms with van der Waals surface area (Å²) in [5.74, 6) is -0.703. The Bertz CT molecular complexity index is 1280. The third-order valence-electron chi connectivity index (χ3n) is 6.02. The van der Waals surface area contributed by atoms with Gasteiger partial charge >= 0.3 is 0 Å². The molecule has 0 aliphatic rings. The van der Waals surface area contributed by atoms with Gasteiger partial charge in [0.05, 0.1) is 10.6 Å². The van der Waals surface area contributed by atoms with Crippen LogP contribution < -0.4 is 9.62 Å². The summed E-state index contributed by atoms with van der Waals surface area (Å²) in [6.07, 6.45) is 1.16. The fourth-order valence-corrected chi connectivity index (χ4v) is 5.57. The number of nitrogens with zero attached hydrogens (tertiary/aromatic N) is 2. The Morgan fingerprint density at radius 3 is 2.14 bits per heavy atom. The summed E-state index contributed by atoms with van der Waals surface area (Å²) in [5.41, 5.74) is 2.27. The van der Waals surface area contributed by atoms with E-state index in [1.165, 1.54) is 17.0 Å². The van der Waals surface area contributed by atoms with Crippen LogP contribution in [0, 0.1) is 6.92 Å². The lowest BCUT2D eigenvalue weighted by atomic mass is 10.1. The van der Waals surface area contributed by atoms with Gasteiger partial charge in [0.15, 0.2) is 0 Å². The number of carbonyl (C=O) groups excluding carboxylic acids is 2. The summed E-state index contributed by atoms with van der Waals surface area (Å²) in [4.78, 5) is 28.6. The molecule has 0 spiro atoms. The Morgan fingerprint density at radius 1 is 0.892 bits per heavy atom. The van der Waals surface area contributed by atoms with Gasteiger partial charge in [0.25, 0.3) is 10.0 Å². The fourth-order valence-electron chi connectivity index (χ4n) is 4.14. The topological polar surface area (TPSA) is 86.8 Å². The zero-order valence-electron chi connectivity index (χ0n) is 21.6. The van der Waals surface area contributed by atoms with Crippen molar-refractivity contribution in [2.45, 2.75) is 51.1 Å². The van der Waals surface area contributed by atoms with Gasteiger partial charge in [-0.3, -0.25) is 13.9 Å². The molecule has 196 valence electrons. The van der Waals surface area contributed by atoms with Crippen LogP contribution in [0.1, 0.15) is 37.8 Å². The maximum Gasteiger partial charge on any atom is 0.264 e. The van der Waals surface area contributed by atoms with Crippen LogP contribution in [-0.2, 0) is 26.2 Å². The Morgan fingerprint density at radius 2 is 1.54 bits per heavy atom. The fraction of sp³-hybridized carbons (Fsp3) is 0.310. The molecule has 0 saturated heterocycles. The van der Waals surface area contributed by atoms with E-state index in [-0.39, 0.29) is 17.3 Å². The maximum absolute atomic E-state index is 13.9. The number of benzene rings is 3. The smallest absolute Gasteiger partial charge is 0.264 e. The number of aryl methyl sites for hydroxylation is 1. The minimum atomic E-state index is -4.04. The van der Waals surface area contributed by atoms with Gasteiger partial charge in [-0.2, -0.15) is 0 Å². The van der Waals surface area contributed by atoms with Crippen LogP contribution in [0.2, 0.25) is 0 Å². The maximum atomic E-state index is 13.9. The van der Waals surface area contributed by atoms with Gasteiger partial charge in [-0.25, -0.2) is 8.42 Å². The number of carbonyl (C=O) groups is 2. The molecular formula is C29H35N3O4S. The Balaban J connectivity index is 2.01. The largest absolute Gasteiger partial charge is 0.354 e. The second kappa shape index (κ2) is 13.1. The van der Waals surface area contributed by atoms with E-state index in [2.05, 4.69) is 5.32 Å². The summed E-state index contributed by atoms with van der Waals surface area (Å²) in [7, 11) is -4.04. The summed E-state index contributed by atoms with van der Waals surface area (Å²) in [6, 6.07) is 23.6. The van der Waals surface area contributed by atoms with Gasteiger partial charge in [-0.1, -0.05) is 80.1 Å². The van der Waals surface area contributed by atoms with Gasteiger partial charge in [-0.15, -0.1) is 0 Å². The van der Waals surface area contributed by atoms with E-state index in [4.69, 9.17) is 0 Å². The number of hydrogen-bond acceptors (Lipinski definition) is 4. The third kappa shape index (κ3) is 7.20. The van der Waals surface area contributed by atoms with E-state index in [0.717, 1.165) is 21.9 Å². The zero-order valence-corrected chi connectivity index (χ0v) is 22.4. The van der Waals surface area contributed by atoms with Gasteiger partial charge in [0.1, 0.15) is 12.6 Å². The predicted octanol–water partition coefficient (Wildman–Crippen LogP) is 4.52. The van der Waals surface area contributed by atoms with Crippen molar-refractivity contribution in [1.82, 2.24) is 10.2 Å². The van der Waals surface area contributed by atoms with E-state index in [9.17, 15) is 18.0 Å². The highest BCUT2D eigenvalue weighted by Crippen LogP contribution is 2.24. The molecule has 1 N–H and O–H groups in total. The lowest BCUT2D eigenvalue weighted by Crippen LogP contribution is -2.52. The zero-order chi connectivity index (χ0) is 26.8. The van der Waals surface area contributed by atoms with Crippen LogP contribution in [0.3, 0.4) is 0 Å². The molecule has 3 rings (SSSR count). The van der Waals surface area contributed by atoms with Gasteiger partial charge in [0.2, 0.25) is 11.8 Å². The minimum absolute atomic E-state index is 0.0876. The van der Waals surface area contributed by atoms with E-state index >= 15 is 0 Å². The van der Waals surface area contributed by atoms with Gasteiger partial charge < -0.3 is 10.2 Å². The van der Waals surface area contributed by atoms with Crippen LogP contribution in [0.5, 0.6) is 0 Å². The molecule has 0 radical (unpaired) electrons. The van der Waals surface area contributed by atoms with Crippen molar-refractivity contribution < 1.29 is 18.0 Å². The molecule has 3 aromatic carbocycles. The first-order chi connectivity index (χ1) is 17.8. The number of nitrogens with one attached hydrogen (secondary N) is 1. The average Bonchev–Trinajstić information content (AvgIpc) is 2.91. The molecule has 0 heterocycles. The SMILES string of the molecule is CCCNC(=O)[C@H](CC)N(Cc1cccc(C)c1)C(=O)CN(c1ccccc1)S(=O)(=O)c1ccccc1. The molecule has 0 aromatic heterocycles. The van der Waals surface area contributed by atoms with Crippen molar-refractivity contribution in [3.8, 4) is 0 Å². The predicted molar refractivity (Wildman–Crippen MR) is 147 cm³/mol. The van der Waals surface area contributed by atoms with Crippen LogP contribution in [0.4, 0.5) is 5.69 Å². The molecule has 2 amide bonds. The molecule has 1 atom stereocenters. The standard InChI is InChI=1S/C29H35N3O4S/c1-4-19-30-29(34)27(5-2)31(21-24-14-12-13-23(3)20-24)28(33)22-32(25-15-8-6-9-16-25)37(35,36)26-17-10-7-11-18-26/h6-18,20,27H,4-5,19,21-22H2,1-3H3,(H,30,34)/t27-/m0/s1. The highest BCUT2D eigenvalue weighted by Gasteiger charge is 2.33. The highest BCUT2D eigenvalue weighted by molar-refractivity contribution is 7.92. The van der Waals surface area contributed by atoms with Crippen LogP contribution >= 0.6 is 0 Å². The van der Waals surface area contributed by atoms with Crippen molar-refractivity contribution in [3.05, 3.63) is 96.1 Å². The molecule has 0 aliphatic heterocycles. The molecule has 37 heavy (non-hydrogen) atoms. The lowest BCUT2D eigenvalue weighted by molar-refractivity contribution is -0.140. The molecule has 0 fully saturated rings. The Labute approximate surface area is 220 Å². The van der Waals surface area contributed by atoms with Gasteiger partial charge in [-0.05, 0) is 49.6 Å². The van der Waals surface area contributed by atoms with E-state index in [1.807, 2.05) is 45.0 Å². The van der Waals surface area contributed by atoms with Crippen molar-refractivity contribution in [2.75, 3.05) is 17.4 Å². The Kier molecular flexibility index (Phi) is 9.85. The highest BCUT2D eigenvalue weighted by atomic mass is 32.2. The molecule has 0 bridgehead atoms. The Hall–Kier alpha value is -3.65. The van der Waals surface area contributed by atoms with Crippen molar-refractivity contribution in [3.63, 3.8) is 0 Å². The van der Waals surface area contributed by atoms with Crippen LogP contribution in [0.25, 0.3) is 0 Å². The molecule has 0 saturated carbocycles. The number of rotatable bonds is 12. The molecular weight excluding hydrogens is 486 g/mol. The van der Waals surface area contributed by atoms with E-state index in [1.54, 1.807) is 48.5 Å². The molecule has 8 heteroatoms. The number of sulfonamides is 1. The monoisotopic (exact) mass is 521 g/mol. The summed E-state index contributed by atoms with van der Waals surface area (Å²) < 4.78 is 28.5. The number of amides is 2. The third-order valence-corrected chi connectivity index (χ3v) is 7.81. The van der Waals surface area contributed by atoms with Crippen LogP contribution in [-0.4, -0.2) is 44.3 Å². The van der Waals surface area contributed by atoms with Gasteiger partial charge in [0, 0.05) is 13.1 Å². The van der Waals surface area contributed by atoms with Crippen molar-refractivity contribution in [2.24, 2.45) is 0 Å². The summed E-state index contributed by atoms with van der Waals surface area (Å²) in [5, 5.41) is 2.89. The number of anilines is 1. The first-order valence-corrected chi connectivity index (χ1v) is 14.0. The lowest BCUT2D eigenvalue weighted by Gasteiger charge is -2.33. The van der Waals surface area contributed by atoms with Crippen LogP contribution in [0.15, 0.2) is 89.8 Å². The second-order valence-electron chi connectivity index (χ2n) is 8.89. The second-order valence-corrected chi connectivity index (χ2v) is 10.7. The van der Waals surface area contributed by atoms with Crippen molar-refractivity contribution in [1.29, 1.82) is 0 Å². The quantitative estimate of drug-likeness (QED) is 0.380. The minimum Gasteiger partial charge on any atom is -0.354 e. The number of hydrogen-bond donors (Lipinski definition) is 1. The molecule has 3 aromatic rings. The summed E-state index contributed by atoms with van der Waals surface area (Å²) in [6.45, 7) is 6.02.